The minimum Gasteiger partial charge on any atom is -0.492 e. The van der Waals surface area contributed by atoms with E-state index >= 15 is 0 Å². The van der Waals surface area contributed by atoms with Crippen LogP contribution >= 0.6 is 18.5 Å². The van der Waals surface area contributed by atoms with Gasteiger partial charge in [-0.25, -0.2) is 8.42 Å². The zero-order chi connectivity index (χ0) is 23.9. The predicted molar refractivity (Wildman–Crippen MR) is 128 cm³/mol. The summed E-state index contributed by atoms with van der Waals surface area (Å²) >= 11 is 0. The van der Waals surface area contributed by atoms with E-state index in [1.807, 2.05) is 18.5 Å². The largest absolute Gasteiger partial charge is 0.492 e. The first-order valence-electron chi connectivity index (χ1n) is 9.76. The zero-order valence-electron chi connectivity index (χ0n) is 17.7. The number of hydrogen-bond acceptors (Lipinski definition) is 6. The van der Waals surface area contributed by atoms with Crippen LogP contribution in [-0.2, 0) is 14.8 Å². The SMILES string of the molecule is CCOc1cc(NC(=O)C(CC)CO)ccc1S(=O)(=O)Nc1cccc(OC(F)(P)P)c1. The van der Waals surface area contributed by atoms with Gasteiger partial charge in [0.15, 0.2) is 0 Å². The van der Waals surface area contributed by atoms with Gasteiger partial charge in [-0.15, -0.1) is 0 Å². The molecule has 8 nitrogen and oxygen atoms in total. The summed E-state index contributed by atoms with van der Waals surface area (Å²) in [5, 5.41) is 9.84. The Balaban J connectivity index is 2.31. The Kier molecular flexibility index (Phi) is 9.22. The lowest BCUT2D eigenvalue weighted by Crippen LogP contribution is -2.25. The summed E-state index contributed by atoms with van der Waals surface area (Å²) in [5.41, 5.74) is 0.496. The van der Waals surface area contributed by atoms with Gasteiger partial charge in [0.2, 0.25) is 5.91 Å². The van der Waals surface area contributed by atoms with Crippen molar-refractivity contribution >= 4 is 45.8 Å². The number of benzene rings is 2. The number of hydrogen-bond donors (Lipinski definition) is 3. The monoisotopic (exact) mass is 504 g/mol. The van der Waals surface area contributed by atoms with Gasteiger partial charge in [-0.1, -0.05) is 13.0 Å². The zero-order valence-corrected chi connectivity index (χ0v) is 20.8. The van der Waals surface area contributed by atoms with Crippen LogP contribution in [0.15, 0.2) is 47.4 Å². The van der Waals surface area contributed by atoms with Gasteiger partial charge >= 0.3 is 0 Å². The Hall–Kier alpha value is -1.99. The highest BCUT2D eigenvalue weighted by molar-refractivity contribution is 7.92. The Bertz CT molecular complexity index is 1040. The van der Waals surface area contributed by atoms with Crippen molar-refractivity contribution in [3.63, 3.8) is 0 Å². The van der Waals surface area contributed by atoms with E-state index in [0.29, 0.717) is 12.1 Å². The lowest BCUT2D eigenvalue weighted by molar-refractivity contribution is -0.121. The fourth-order valence-electron chi connectivity index (χ4n) is 2.73. The Labute approximate surface area is 191 Å². The molecule has 2 aromatic carbocycles. The number of ether oxygens (including phenoxy) is 2. The molecule has 0 aliphatic rings. The molecule has 12 heteroatoms. The number of aliphatic hydroxyl groups excluding tert-OH is 1. The number of rotatable bonds is 11. The van der Waals surface area contributed by atoms with E-state index < -0.39 is 21.3 Å². The van der Waals surface area contributed by atoms with Crippen LogP contribution in [0.1, 0.15) is 20.3 Å². The number of carbonyl (C=O) groups is 1. The molecule has 2 rings (SSSR count). The minimum absolute atomic E-state index is 0.0416. The van der Waals surface area contributed by atoms with Crippen molar-refractivity contribution in [1.29, 1.82) is 0 Å². The van der Waals surface area contributed by atoms with Gasteiger partial charge in [-0.2, -0.15) is 4.39 Å². The maximum atomic E-state index is 13.7. The smallest absolute Gasteiger partial charge is 0.270 e. The van der Waals surface area contributed by atoms with Crippen LogP contribution in [0.4, 0.5) is 15.8 Å². The number of anilines is 2. The molecule has 0 aliphatic heterocycles. The Morgan fingerprint density at radius 3 is 2.50 bits per heavy atom. The summed E-state index contributed by atoms with van der Waals surface area (Å²) in [7, 11) is -0.367. The highest BCUT2D eigenvalue weighted by Crippen LogP contribution is 2.34. The van der Waals surface area contributed by atoms with Gasteiger partial charge in [0, 0.05) is 17.8 Å². The molecule has 2 aromatic rings. The van der Waals surface area contributed by atoms with Crippen LogP contribution in [-0.4, -0.2) is 38.0 Å². The number of carbonyl (C=O) groups excluding carboxylic acids is 1. The molecule has 0 fully saturated rings. The van der Waals surface area contributed by atoms with Gasteiger partial charge in [0.25, 0.3) is 15.4 Å². The van der Waals surface area contributed by atoms with Crippen molar-refractivity contribution in [2.24, 2.45) is 5.92 Å². The third kappa shape index (κ3) is 7.55. The summed E-state index contributed by atoms with van der Waals surface area (Å²) in [6.45, 7) is 3.37. The molecule has 3 atom stereocenters. The predicted octanol–water partition coefficient (Wildman–Crippen LogP) is 3.55. The van der Waals surface area contributed by atoms with Crippen molar-refractivity contribution < 1.29 is 32.2 Å². The van der Waals surface area contributed by atoms with E-state index in [0.717, 1.165) is 0 Å². The third-order valence-corrected chi connectivity index (χ3v) is 5.90. The van der Waals surface area contributed by atoms with Crippen molar-refractivity contribution in [3.8, 4) is 11.5 Å². The minimum atomic E-state index is -4.08. The quantitative estimate of drug-likeness (QED) is 0.404. The Morgan fingerprint density at radius 1 is 1.19 bits per heavy atom. The first kappa shape index (κ1) is 26.3. The first-order valence-corrected chi connectivity index (χ1v) is 12.4. The number of alkyl halides is 1. The van der Waals surface area contributed by atoms with Crippen LogP contribution in [0.25, 0.3) is 0 Å². The maximum absolute atomic E-state index is 13.7. The summed E-state index contributed by atoms with van der Waals surface area (Å²) in [6, 6.07) is 9.97. The van der Waals surface area contributed by atoms with Crippen LogP contribution in [0, 0.1) is 5.92 Å². The average molecular weight is 504 g/mol. The van der Waals surface area contributed by atoms with Crippen molar-refractivity contribution in [3.05, 3.63) is 42.5 Å². The molecule has 0 radical (unpaired) electrons. The normalized spacial score (nSPS) is 12.7. The summed E-state index contributed by atoms with van der Waals surface area (Å²) < 4.78 is 52.6. The van der Waals surface area contributed by atoms with E-state index in [2.05, 4.69) is 10.0 Å². The summed E-state index contributed by atoms with van der Waals surface area (Å²) in [5.74, 6) is -0.790. The lowest BCUT2D eigenvalue weighted by Gasteiger charge is -2.18. The van der Waals surface area contributed by atoms with Crippen molar-refractivity contribution in [2.75, 3.05) is 23.3 Å². The van der Waals surface area contributed by atoms with E-state index in [9.17, 15) is 22.7 Å². The number of halogens is 1. The molecule has 0 heterocycles. The molecule has 0 bridgehead atoms. The fraction of sp³-hybridized carbons (Fsp3) is 0.350. The topological polar surface area (TPSA) is 114 Å². The van der Waals surface area contributed by atoms with Crippen molar-refractivity contribution in [1.82, 2.24) is 0 Å². The second kappa shape index (κ2) is 11.2. The molecule has 0 aromatic heterocycles. The van der Waals surface area contributed by atoms with Crippen molar-refractivity contribution in [2.45, 2.75) is 30.5 Å². The van der Waals surface area contributed by atoms with E-state index in [-0.39, 0.29) is 41.2 Å². The molecule has 0 aliphatic carbocycles. The molecule has 3 N–H and O–H groups in total. The van der Waals surface area contributed by atoms with Crippen LogP contribution in [0.5, 0.6) is 11.5 Å². The molecule has 0 saturated carbocycles. The van der Waals surface area contributed by atoms with Gasteiger partial charge in [0.05, 0.1) is 24.8 Å². The highest BCUT2D eigenvalue weighted by atomic mass is 32.2. The van der Waals surface area contributed by atoms with E-state index in [4.69, 9.17) is 9.47 Å². The number of sulfonamides is 1. The molecule has 0 spiro atoms. The Morgan fingerprint density at radius 2 is 1.91 bits per heavy atom. The molecular formula is C20H27FN2O6P2S. The summed E-state index contributed by atoms with van der Waals surface area (Å²) in [4.78, 5) is 12.1. The average Bonchev–Trinajstić information content (AvgIpc) is 2.68. The maximum Gasteiger partial charge on any atom is 0.270 e. The molecule has 3 unspecified atom stereocenters. The number of aliphatic hydroxyl groups is 1. The molecule has 176 valence electrons. The van der Waals surface area contributed by atoms with E-state index in [1.54, 1.807) is 13.8 Å². The number of amides is 1. The van der Waals surface area contributed by atoms with Gasteiger partial charge in [-0.05, 0) is 56.1 Å². The first-order chi connectivity index (χ1) is 15.0. The van der Waals surface area contributed by atoms with Gasteiger partial charge in [0.1, 0.15) is 16.4 Å². The van der Waals surface area contributed by atoms with E-state index in [1.165, 1.54) is 42.5 Å². The molecular weight excluding hydrogens is 477 g/mol. The number of nitrogens with one attached hydrogen (secondary N) is 2. The van der Waals surface area contributed by atoms with Gasteiger partial charge in [-0.3, -0.25) is 9.52 Å². The van der Waals surface area contributed by atoms with Gasteiger partial charge < -0.3 is 19.9 Å². The fourth-order valence-corrected chi connectivity index (χ4v) is 4.18. The van der Waals surface area contributed by atoms with Crippen LogP contribution < -0.4 is 19.5 Å². The lowest BCUT2D eigenvalue weighted by atomic mass is 10.1. The third-order valence-electron chi connectivity index (χ3n) is 4.25. The second-order valence-corrected chi connectivity index (χ2v) is 10.7. The molecule has 32 heavy (non-hydrogen) atoms. The summed E-state index contributed by atoms with van der Waals surface area (Å²) in [6.07, 6.45) is 0.455. The van der Waals surface area contributed by atoms with Crippen LogP contribution in [0.3, 0.4) is 0 Å². The molecule has 1 amide bonds. The standard InChI is InChI=1S/C20H27FN2O6P2S/c1-3-13(12-24)19(25)22-14-8-9-18(17(11-14)28-4-2)32(26,27)23-15-6-5-7-16(10-15)29-20(21,30)31/h5-11,13,23-24H,3-4,12,30-31H2,1-2H3,(H,22,25). The van der Waals surface area contributed by atoms with Crippen LogP contribution in [0.2, 0.25) is 0 Å². The second-order valence-electron chi connectivity index (χ2n) is 6.80. The molecule has 0 saturated heterocycles. The highest BCUT2D eigenvalue weighted by Gasteiger charge is 2.23.